The average Bonchev–Trinajstić information content (AvgIpc) is 2.96. The van der Waals surface area contributed by atoms with E-state index in [2.05, 4.69) is 10.5 Å². The topological polar surface area (TPSA) is 56.5 Å². The quantitative estimate of drug-likeness (QED) is 0.759. The van der Waals surface area contributed by atoms with E-state index in [1.54, 1.807) is 25.4 Å². The second-order valence-electron chi connectivity index (χ2n) is 4.19. The van der Waals surface area contributed by atoms with Crippen molar-refractivity contribution in [2.45, 2.75) is 13.2 Å². The molecule has 0 aliphatic rings. The van der Waals surface area contributed by atoms with Gasteiger partial charge in [-0.15, -0.1) is 0 Å². The molecule has 0 fully saturated rings. The molecule has 6 heteroatoms. The van der Waals surface area contributed by atoms with E-state index in [9.17, 15) is 0 Å². The molecule has 0 atom stereocenters. The van der Waals surface area contributed by atoms with E-state index in [-0.39, 0.29) is 0 Å². The Kier molecular flexibility index (Phi) is 5.86. The van der Waals surface area contributed by atoms with Gasteiger partial charge in [-0.05, 0) is 18.2 Å². The van der Waals surface area contributed by atoms with Crippen LogP contribution in [0, 0.1) is 0 Å². The molecule has 0 aliphatic carbocycles. The Bertz CT molecular complexity index is 517. The van der Waals surface area contributed by atoms with Crippen LogP contribution in [-0.2, 0) is 17.9 Å². The lowest BCUT2D eigenvalue weighted by molar-refractivity contribution is 0.198. The summed E-state index contributed by atoms with van der Waals surface area (Å²) in [6.07, 6.45) is 1.59. The molecule has 108 valence electrons. The van der Waals surface area contributed by atoms with E-state index in [0.29, 0.717) is 30.5 Å². The number of nitrogens with one attached hydrogen (secondary N) is 1. The van der Waals surface area contributed by atoms with Gasteiger partial charge in [-0.25, -0.2) is 0 Å². The van der Waals surface area contributed by atoms with Crippen LogP contribution in [-0.4, -0.2) is 25.4 Å². The lowest BCUT2D eigenvalue weighted by Gasteiger charge is -2.11. The van der Waals surface area contributed by atoms with Gasteiger partial charge in [-0.1, -0.05) is 16.8 Å². The maximum atomic E-state index is 6.02. The van der Waals surface area contributed by atoms with E-state index < -0.39 is 0 Å². The number of halogens is 1. The number of aromatic nitrogens is 1. The summed E-state index contributed by atoms with van der Waals surface area (Å²) in [7, 11) is 1.67. The van der Waals surface area contributed by atoms with Gasteiger partial charge in [0.25, 0.3) is 0 Å². The van der Waals surface area contributed by atoms with Crippen LogP contribution >= 0.6 is 11.6 Å². The molecule has 0 unspecified atom stereocenters. The van der Waals surface area contributed by atoms with E-state index in [1.807, 2.05) is 12.1 Å². The molecule has 0 saturated heterocycles. The fourth-order valence-electron chi connectivity index (χ4n) is 1.69. The largest absolute Gasteiger partial charge is 0.485 e. The fourth-order valence-corrected chi connectivity index (χ4v) is 1.88. The number of hydrogen-bond donors (Lipinski definition) is 1. The Morgan fingerprint density at radius 2 is 2.25 bits per heavy atom. The van der Waals surface area contributed by atoms with Crippen molar-refractivity contribution in [3.63, 3.8) is 0 Å². The predicted octanol–water partition coefficient (Wildman–Crippen LogP) is 2.64. The summed E-state index contributed by atoms with van der Waals surface area (Å²) in [4.78, 5) is 0. The maximum absolute atomic E-state index is 6.02. The smallest absolute Gasteiger partial charge is 0.174 e. The van der Waals surface area contributed by atoms with Crippen molar-refractivity contribution in [2.24, 2.45) is 0 Å². The molecule has 0 bridgehead atoms. The Labute approximate surface area is 122 Å². The van der Waals surface area contributed by atoms with Crippen LogP contribution in [0.5, 0.6) is 5.75 Å². The first-order chi connectivity index (χ1) is 9.79. The van der Waals surface area contributed by atoms with Crippen molar-refractivity contribution in [3.05, 3.63) is 46.8 Å². The van der Waals surface area contributed by atoms with Gasteiger partial charge in [-0.3, -0.25) is 0 Å². The summed E-state index contributed by atoms with van der Waals surface area (Å²) in [6.45, 7) is 2.43. The van der Waals surface area contributed by atoms with Crippen LogP contribution in [0.4, 0.5) is 0 Å². The third-order valence-electron chi connectivity index (χ3n) is 2.68. The molecule has 2 rings (SSSR count). The van der Waals surface area contributed by atoms with E-state index >= 15 is 0 Å². The Morgan fingerprint density at radius 3 is 3.00 bits per heavy atom. The number of benzene rings is 1. The molecule has 1 heterocycles. The van der Waals surface area contributed by atoms with Gasteiger partial charge in [0.2, 0.25) is 0 Å². The zero-order valence-electron chi connectivity index (χ0n) is 11.3. The van der Waals surface area contributed by atoms with Crippen LogP contribution in [0.3, 0.4) is 0 Å². The van der Waals surface area contributed by atoms with E-state index in [4.69, 9.17) is 25.6 Å². The molecule has 0 aliphatic heterocycles. The Balaban J connectivity index is 1.95. The first kappa shape index (κ1) is 14.8. The highest BCUT2D eigenvalue weighted by molar-refractivity contribution is 6.30. The van der Waals surface area contributed by atoms with Crippen LogP contribution in [0.15, 0.2) is 35.0 Å². The van der Waals surface area contributed by atoms with Gasteiger partial charge in [-0.2, -0.15) is 0 Å². The zero-order chi connectivity index (χ0) is 14.2. The summed E-state index contributed by atoms with van der Waals surface area (Å²) in [5.41, 5.74) is 0.994. The van der Waals surface area contributed by atoms with E-state index in [1.165, 1.54) is 0 Å². The first-order valence-electron chi connectivity index (χ1n) is 6.30. The van der Waals surface area contributed by atoms with Crippen molar-refractivity contribution in [1.82, 2.24) is 10.5 Å². The van der Waals surface area contributed by atoms with Gasteiger partial charge in [0.1, 0.15) is 12.4 Å². The van der Waals surface area contributed by atoms with Crippen LogP contribution < -0.4 is 10.1 Å². The van der Waals surface area contributed by atoms with Gasteiger partial charge in [0.05, 0.1) is 12.8 Å². The van der Waals surface area contributed by atoms with Crippen molar-refractivity contribution in [1.29, 1.82) is 0 Å². The summed E-state index contributed by atoms with van der Waals surface area (Å²) in [6, 6.07) is 7.31. The van der Waals surface area contributed by atoms with Crippen LogP contribution in [0.25, 0.3) is 0 Å². The first-order valence-corrected chi connectivity index (χ1v) is 6.68. The third kappa shape index (κ3) is 4.52. The zero-order valence-corrected chi connectivity index (χ0v) is 12.0. The van der Waals surface area contributed by atoms with Crippen molar-refractivity contribution < 1.29 is 14.0 Å². The second-order valence-corrected chi connectivity index (χ2v) is 4.63. The normalized spacial score (nSPS) is 10.7. The average molecular weight is 297 g/mol. The number of methoxy groups -OCH3 is 1. The molecule has 20 heavy (non-hydrogen) atoms. The van der Waals surface area contributed by atoms with Gasteiger partial charge < -0.3 is 19.3 Å². The standard InChI is InChI=1S/C14H17ClN2O3/c1-18-7-6-16-9-11-8-12(15)2-3-14(11)19-10-13-4-5-17-20-13/h2-5,8,16H,6-7,9-10H2,1H3. The minimum absolute atomic E-state index is 0.340. The fraction of sp³-hybridized carbons (Fsp3) is 0.357. The predicted molar refractivity (Wildman–Crippen MR) is 75.9 cm³/mol. The molecule has 2 aromatic rings. The molecule has 0 radical (unpaired) electrons. The van der Waals surface area contributed by atoms with Crippen molar-refractivity contribution in [2.75, 3.05) is 20.3 Å². The van der Waals surface area contributed by atoms with Gasteiger partial charge in [0.15, 0.2) is 5.76 Å². The van der Waals surface area contributed by atoms with Crippen molar-refractivity contribution in [3.8, 4) is 5.75 Å². The molecule has 1 N–H and O–H groups in total. The lowest BCUT2D eigenvalue weighted by Crippen LogP contribution is -2.19. The Morgan fingerprint density at radius 1 is 1.35 bits per heavy atom. The summed E-state index contributed by atoms with van der Waals surface area (Å²) in [5, 5.41) is 7.58. The molecular weight excluding hydrogens is 280 g/mol. The highest BCUT2D eigenvalue weighted by Gasteiger charge is 2.06. The van der Waals surface area contributed by atoms with Gasteiger partial charge >= 0.3 is 0 Å². The van der Waals surface area contributed by atoms with Crippen LogP contribution in [0.2, 0.25) is 5.02 Å². The Hall–Kier alpha value is -1.56. The molecule has 5 nitrogen and oxygen atoms in total. The van der Waals surface area contributed by atoms with Crippen LogP contribution in [0.1, 0.15) is 11.3 Å². The molecular formula is C14H17ClN2O3. The number of ether oxygens (including phenoxy) is 2. The monoisotopic (exact) mass is 296 g/mol. The summed E-state index contributed by atoms with van der Waals surface area (Å²) in [5.74, 6) is 1.45. The number of hydrogen-bond acceptors (Lipinski definition) is 5. The molecule has 0 saturated carbocycles. The SMILES string of the molecule is COCCNCc1cc(Cl)ccc1OCc1ccno1. The third-order valence-corrected chi connectivity index (χ3v) is 2.92. The van der Waals surface area contributed by atoms with Crippen molar-refractivity contribution >= 4 is 11.6 Å². The number of nitrogens with zero attached hydrogens (tertiary/aromatic N) is 1. The van der Waals surface area contributed by atoms with E-state index in [0.717, 1.165) is 17.9 Å². The second kappa shape index (κ2) is 7.89. The highest BCUT2D eigenvalue weighted by atomic mass is 35.5. The molecule has 0 spiro atoms. The van der Waals surface area contributed by atoms with Gasteiger partial charge in [0, 0.05) is 36.9 Å². The summed E-state index contributed by atoms with van der Waals surface area (Å²) < 4.78 is 15.7. The molecule has 0 amide bonds. The number of rotatable bonds is 8. The summed E-state index contributed by atoms with van der Waals surface area (Å²) >= 11 is 6.02. The highest BCUT2D eigenvalue weighted by Crippen LogP contribution is 2.23. The minimum atomic E-state index is 0.340. The lowest BCUT2D eigenvalue weighted by atomic mass is 10.2. The molecule has 1 aromatic carbocycles. The maximum Gasteiger partial charge on any atom is 0.174 e. The minimum Gasteiger partial charge on any atom is -0.485 e. The molecule has 1 aromatic heterocycles.